The van der Waals surface area contributed by atoms with E-state index < -0.39 is 0 Å². The summed E-state index contributed by atoms with van der Waals surface area (Å²) in [7, 11) is 0. The van der Waals surface area contributed by atoms with Gasteiger partial charge in [0.2, 0.25) is 5.91 Å². The molecule has 1 aromatic heterocycles. The number of aromatic nitrogens is 3. The molecule has 3 rings (SSSR count). The van der Waals surface area contributed by atoms with Gasteiger partial charge in [0.1, 0.15) is 5.82 Å². The van der Waals surface area contributed by atoms with Crippen molar-refractivity contribution in [2.24, 2.45) is 0 Å². The van der Waals surface area contributed by atoms with Crippen LogP contribution in [0.4, 0.5) is 0 Å². The minimum atomic E-state index is -0.0766. The maximum Gasteiger partial charge on any atom is 0.230 e. The Morgan fingerprint density at radius 2 is 2.25 bits per heavy atom. The van der Waals surface area contributed by atoms with E-state index in [0.29, 0.717) is 10.8 Å². The predicted octanol–water partition coefficient (Wildman–Crippen LogP) is 3.63. The normalized spacial score (nSPS) is 15.4. The molecule has 1 aliphatic rings. The summed E-state index contributed by atoms with van der Waals surface area (Å²) < 4.78 is 2.16. The molecule has 24 heavy (non-hydrogen) atoms. The van der Waals surface area contributed by atoms with Crippen molar-refractivity contribution in [3.8, 4) is 0 Å². The maximum atomic E-state index is 12.2. The molecule has 1 N–H and O–H groups in total. The van der Waals surface area contributed by atoms with E-state index in [0.717, 1.165) is 35.9 Å². The van der Waals surface area contributed by atoms with Crippen LogP contribution in [0.15, 0.2) is 29.4 Å². The summed E-state index contributed by atoms with van der Waals surface area (Å²) in [5.41, 5.74) is 0.997. The Kier molecular flexibility index (Phi) is 5.79. The molecule has 0 unspecified atom stereocenters. The molecule has 1 aromatic carbocycles. The summed E-state index contributed by atoms with van der Waals surface area (Å²) >= 11 is 7.45. The highest BCUT2D eigenvalue weighted by Gasteiger charge is 2.17. The summed E-state index contributed by atoms with van der Waals surface area (Å²) in [6.45, 7) is 2.91. The highest BCUT2D eigenvalue weighted by atomic mass is 35.5. The van der Waals surface area contributed by atoms with Crippen LogP contribution in [-0.4, -0.2) is 26.4 Å². The molecule has 0 saturated heterocycles. The maximum absolute atomic E-state index is 12.2. The van der Waals surface area contributed by atoms with Crippen LogP contribution in [0.1, 0.15) is 43.6 Å². The number of nitrogens with zero attached hydrogens (tertiary/aromatic N) is 3. The van der Waals surface area contributed by atoms with Gasteiger partial charge in [0.05, 0.1) is 11.8 Å². The fourth-order valence-electron chi connectivity index (χ4n) is 2.84. The Bertz CT molecular complexity index is 718. The van der Waals surface area contributed by atoms with E-state index in [1.165, 1.54) is 24.6 Å². The lowest BCUT2D eigenvalue weighted by molar-refractivity contribution is -0.119. The van der Waals surface area contributed by atoms with Gasteiger partial charge in [-0.05, 0) is 37.5 Å². The average molecular weight is 365 g/mol. The van der Waals surface area contributed by atoms with Gasteiger partial charge in [-0.1, -0.05) is 41.9 Å². The Morgan fingerprint density at radius 1 is 1.38 bits per heavy atom. The number of fused-ring (bicyclic) bond motifs is 1. The van der Waals surface area contributed by atoms with Gasteiger partial charge >= 0.3 is 0 Å². The number of carbonyl (C=O) groups excluding carboxylic acids is 1. The summed E-state index contributed by atoms with van der Waals surface area (Å²) in [5, 5.41) is 13.0. The molecule has 7 heteroatoms. The van der Waals surface area contributed by atoms with Crippen LogP contribution < -0.4 is 5.32 Å². The first-order valence-electron chi connectivity index (χ1n) is 8.23. The molecule has 0 spiro atoms. The van der Waals surface area contributed by atoms with Gasteiger partial charge in [-0.25, -0.2) is 0 Å². The van der Waals surface area contributed by atoms with Gasteiger partial charge in [-0.15, -0.1) is 10.2 Å². The first-order valence-corrected chi connectivity index (χ1v) is 9.59. The molecule has 0 bridgehead atoms. The van der Waals surface area contributed by atoms with Crippen molar-refractivity contribution in [1.82, 2.24) is 20.1 Å². The SMILES string of the molecule is C[C@@H](NC(=O)CSc1nnc2n1CCCCC2)c1cccc(Cl)c1. The zero-order valence-electron chi connectivity index (χ0n) is 13.7. The fraction of sp³-hybridized carbons (Fsp3) is 0.471. The zero-order valence-corrected chi connectivity index (χ0v) is 15.2. The van der Waals surface area contributed by atoms with Crippen LogP contribution in [0.3, 0.4) is 0 Å². The van der Waals surface area contributed by atoms with Crippen molar-refractivity contribution in [1.29, 1.82) is 0 Å². The monoisotopic (exact) mass is 364 g/mol. The average Bonchev–Trinajstić information content (AvgIpc) is 2.79. The molecule has 1 amide bonds. The third-order valence-corrected chi connectivity index (χ3v) is 5.34. The smallest absolute Gasteiger partial charge is 0.230 e. The van der Waals surface area contributed by atoms with E-state index in [2.05, 4.69) is 20.1 Å². The molecule has 0 radical (unpaired) electrons. The number of benzene rings is 1. The second-order valence-electron chi connectivity index (χ2n) is 5.99. The molecular formula is C17H21ClN4OS. The standard InChI is InChI=1S/C17H21ClN4OS/c1-12(13-6-5-7-14(18)10-13)19-16(23)11-24-17-21-20-15-8-3-2-4-9-22(15)17/h5-7,10,12H,2-4,8-9,11H2,1H3,(H,19,23)/t12-/m1/s1. The molecule has 1 aliphatic heterocycles. The van der Waals surface area contributed by atoms with Crippen LogP contribution >= 0.6 is 23.4 Å². The third-order valence-electron chi connectivity index (χ3n) is 4.13. The largest absolute Gasteiger partial charge is 0.349 e. The minimum Gasteiger partial charge on any atom is -0.349 e. The Labute approximate surface area is 151 Å². The predicted molar refractivity (Wildman–Crippen MR) is 96.3 cm³/mol. The van der Waals surface area contributed by atoms with Crippen molar-refractivity contribution in [2.45, 2.75) is 50.4 Å². The van der Waals surface area contributed by atoms with E-state index in [-0.39, 0.29) is 11.9 Å². The molecule has 5 nitrogen and oxygen atoms in total. The molecule has 0 fully saturated rings. The lowest BCUT2D eigenvalue weighted by atomic mass is 10.1. The van der Waals surface area contributed by atoms with Gasteiger partial charge < -0.3 is 9.88 Å². The number of nitrogens with one attached hydrogen (secondary N) is 1. The minimum absolute atomic E-state index is 0.0153. The number of hydrogen-bond donors (Lipinski definition) is 1. The van der Waals surface area contributed by atoms with Crippen molar-refractivity contribution in [3.05, 3.63) is 40.7 Å². The first kappa shape index (κ1) is 17.3. The van der Waals surface area contributed by atoms with Crippen LogP contribution in [-0.2, 0) is 17.8 Å². The molecule has 2 heterocycles. The summed E-state index contributed by atoms with van der Waals surface area (Å²) in [5.74, 6) is 1.37. The van der Waals surface area contributed by atoms with Crippen LogP contribution in [0.2, 0.25) is 5.02 Å². The Hall–Kier alpha value is -1.53. The number of thioether (sulfide) groups is 1. The van der Waals surface area contributed by atoms with Crippen LogP contribution in [0.25, 0.3) is 0 Å². The summed E-state index contributed by atoms with van der Waals surface area (Å²) in [6, 6.07) is 7.47. The van der Waals surface area contributed by atoms with Crippen molar-refractivity contribution in [3.63, 3.8) is 0 Å². The van der Waals surface area contributed by atoms with Gasteiger partial charge in [0.15, 0.2) is 5.16 Å². The van der Waals surface area contributed by atoms with Crippen molar-refractivity contribution in [2.75, 3.05) is 5.75 Å². The van der Waals surface area contributed by atoms with Crippen LogP contribution in [0, 0.1) is 0 Å². The highest BCUT2D eigenvalue weighted by molar-refractivity contribution is 7.99. The van der Waals surface area contributed by atoms with E-state index >= 15 is 0 Å². The van der Waals surface area contributed by atoms with Crippen molar-refractivity contribution >= 4 is 29.3 Å². The van der Waals surface area contributed by atoms with E-state index in [9.17, 15) is 4.79 Å². The lowest BCUT2D eigenvalue weighted by Gasteiger charge is -2.14. The Balaban J connectivity index is 1.55. The number of rotatable bonds is 5. The van der Waals surface area contributed by atoms with E-state index in [1.54, 1.807) is 0 Å². The molecule has 128 valence electrons. The quantitative estimate of drug-likeness (QED) is 0.823. The Morgan fingerprint density at radius 3 is 3.08 bits per heavy atom. The number of carbonyl (C=O) groups is 1. The molecule has 0 aliphatic carbocycles. The molecule has 2 aromatic rings. The van der Waals surface area contributed by atoms with E-state index in [4.69, 9.17) is 11.6 Å². The summed E-state index contributed by atoms with van der Waals surface area (Å²) in [6.07, 6.45) is 4.52. The van der Waals surface area contributed by atoms with Gasteiger partial charge in [0.25, 0.3) is 0 Å². The second-order valence-corrected chi connectivity index (χ2v) is 7.37. The van der Waals surface area contributed by atoms with Crippen molar-refractivity contribution < 1.29 is 4.79 Å². The second kappa shape index (κ2) is 8.03. The number of halogens is 1. The van der Waals surface area contributed by atoms with Gasteiger partial charge in [0, 0.05) is 18.0 Å². The van der Waals surface area contributed by atoms with Crippen LogP contribution in [0.5, 0.6) is 0 Å². The van der Waals surface area contributed by atoms with Gasteiger partial charge in [-0.2, -0.15) is 0 Å². The molecule has 1 atom stereocenters. The number of aryl methyl sites for hydroxylation is 1. The van der Waals surface area contributed by atoms with E-state index in [1.807, 2.05) is 31.2 Å². The third kappa shape index (κ3) is 4.30. The summed E-state index contributed by atoms with van der Waals surface area (Å²) in [4.78, 5) is 12.2. The zero-order chi connectivity index (χ0) is 16.9. The molecular weight excluding hydrogens is 344 g/mol. The van der Waals surface area contributed by atoms with Gasteiger partial charge in [-0.3, -0.25) is 4.79 Å². The fourth-order valence-corrected chi connectivity index (χ4v) is 3.83. The lowest BCUT2D eigenvalue weighted by Crippen LogP contribution is -2.28. The number of amides is 1. The number of hydrogen-bond acceptors (Lipinski definition) is 4. The first-order chi connectivity index (χ1) is 11.6. The topological polar surface area (TPSA) is 59.8 Å². The molecule has 0 saturated carbocycles. The highest BCUT2D eigenvalue weighted by Crippen LogP contribution is 2.22.